The van der Waals surface area contributed by atoms with Gasteiger partial charge >= 0.3 is 0 Å². The molecule has 3 aromatic rings. The van der Waals surface area contributed by atoms with Crippen molar-refractivity contribution in [1.29, 1.82) is 0 Å². The number of piperidine rings is 1. The van der Waals surface area contributed by atoms with Gasteiger partial charge in [0, 0.05) is 25.6 Å². The molecule has 1 saturated heterocycles. The fourth-order valence-corrected chi connectivity index (χ4v) is 6.34. The van der Waals surface area contributed by atoms with E-state index in [-0.39, 0.29) is 11.9 Å². The van der Waals surface area contributed by atoms with Gasteiger partial charge in [0.1, 0.15) is 15.0 Å². The normalized spacial score (nSPS) is 15.8. The van der Waals surface area contributed by atoms with Gasteiger partial charge in [-0.1, -0.05) is 29.5 Å². The van der Waals surface area contributed by atoms with Crippen LogP contribution in [0.3, 0.4) is 0 Å². The zero-order valence-corrected chi connectivity index (χ0v) is 17.4. The monoisotopic (exact) mass is 438 g/mol. The molecule has 0 amide bonds. The summed E-state index contributed by atoms with van der Waals surface area (Å²) in [6, 6.07) is 9.67. The molecule has 0 saturated carbocycles. The van der Waals surface area contributed by atoms with E-state index < -0.39 is 10.0 Å². The number of nitrogens with zero attached hydrogens (tertiary/aromatic N) is 3. The van der Waals surface area contributed by atoms with Crippen LogP contribution in [0.15, 0.2) is 46.0 Å². The molecule has 10 heteroatoms. The first-order chi connectivity index (χ1) is 13.5. The van der Waals surface area contributed by atoms with Crippen LogP contribution in [-0.2, 0) is 16.4 Å². The Morgan fingerprint density at radius 3 is 2.57 bits per heavy atom. The maximum absolute atomic E-state index is 13.0. The fraction of sp³-hybridized carbons (Fsp3) is 0.333. The average molecular weight is 439 g/mol. The molecule has 1 aromatic carbocycles. The Hall–Kier alpha value is -1.88. The van der Waals surface area contributed by atoms with Crippen molar-refractivity contribution in [2.75, 3.05) is 18.0 Å². The number of benzene rings is 1. The maximum atomic E-state index is 13.0. The van der Waals surface area contributed by atoms with Gasteiger partial charge in [0.15, 0.2) is 0 Å². The second-order valence-electron chi connectivity index (χ2n) is 6.60. The van der Waals surface area contributed by atoms with E-state index in [2.05, 4.69) is 19.8 Å². The van der Waals surface area contributed by atoms with Gasteiger partial charge in [-0.3, -0.25) is 0 Å². The van der Waals surface area contributed by atoms with Crippen LogP contribution in [0.25, 0.3) is 0 Å². The number of rotatable bonds is 6. The summed E-state index contributed by atoms with van der Waals surface area (Å²) in [5, 5.41) is 12.0. The Balaban J connectivity index is 1.33. The molecule has 1 N–H and O–H groups in total. The lowest BCUT2D eigenvalue weighted by Gasteiger charge is -2.31. The van der Waals surface area contributed by atoms with Crippen molar-refractivity contribution in [2.24, 2.45) is 0 Å². The van der Waals surface area contributed by atoms with Gasteiger partial charge in [0.2, 0.25) is 15.2 Å². The van der Waals surface area contributed by atoms with Crippen molar-refractivity contribution in [1.82, 2.24) is 14.9 Å². The van der Waals surface area contributed by atoms with Crippen molar-refractivity contribution in [3.8, 4) is 0 Å². The second-order valence-corrected chi connectivity index (χ2v) is 10.5. The molecule has 2 aromatic heterocycles. The number of aromatic nitrogens is 2. The van der Waals surface area contributed by atoms with Crippen molar-refractivity contribution >= 4 is 37.8 Å². The lowest BCUT2D eigenvalue weighted by Crippen LogP contribution is -2.44. The number of halogens is 1. The summed E-state index contributed by atoms with van der Waals surface area (Å²) in [6.07, 6.45) is 2.06. The Labute approximate surface area is 171 Å². The predicted octanol–water partition coefficient (Wildman–Crippen LogP) is 3.28. The van der Waals surface area contributed by atoms with Crippen molar-refractivity contribution in [3.05, 3.63) is 58.2 Å². The third-order valence-corrected chi connectivity index (χ3v) is 8.47. The summed E-state index contributed by atoms with van der Waals surface area (Å²) in [5.41, 5.74) is 0.991. The lowest BCUT2D eigenvalue weighted by atomic mass is 10.1. The summed E-state index contributed by atoms with van der Waals surface area (Å²) in [5.74, 6) is -0.251. The highest BCUT2D eigenvalue weighted by Gasteiger charge is 2.26. The molecule has 6 nitrogen and oxygen atoms in total. The number of hydrogen-bond acceptors (Lipinski definition) is 7. The quantitative estimate of drug-likeness (QED) is 0.639. The molecule has 3 heterocycles. The number of hydrogen-bond donors (Lipinski definition) is 1. The molecule has 1 fully saturated rings. The third kappa shape index (κ3) is 4.57. The SMILES string of the molecule is O=S(=O)(NC1CCN(c2nnc(Cc3ccc(F)cc3)s2)CC1)c1cccs1. The van der Waals surface area contributed by atoms with E-state index >= 15 is 0 Å². The highest BCUT2D eigenvalue weighted by atomic mass is 32.2. The zero-order valence-electron chi connectivity index (χ0n) is 14.9. The molecule has 0 aliphatic carbocycles. The average Bonchev–Trinajstić information content (AvgIpc) is 3.37. The molecule has 0 bridgehead atoms. The first-order valence-electron chi connectivity index (χ1n) is 8.87. The minimum Gasteiger partial charge on any atom is -0.347 e. The molecule has 0 atom stereocenters. The Kier molecular flexibility index (Phi) is 5.72. The van der Waals surface area contributed by atoms with Crippen LogP contribution in [0.4, 0.5) is 9.52 Å². The van der Waals surface area contributed by atoms with E-state index in [1.54, 1.807) is 29.6 Å². The van der Waals surface area contributed by atoms with Gasteiger partial charge in [-0.25, -0.2) is 17.5 Å². The fourth-order valence-electron chi connectivity index (χ4n) is 3.10. The summed E-state index contributed by atoms with van der Waals surface area (Å²) in [6.45, 7) is 1.45. The highest BCUT2D eigenvalue weighted by Crippen LogP contribution is 2.26. The third-order valence-electron chi connectivity index (χ3n) is 4.57. The maximum Gasteiger partial charge on any atom is 0.250 e. The topological polar surface area (TPSA) is 75.2 Å². The van der Waals surface area contributed by atoms with Crippen molar-refractivity contribution in [3.63, 3.8) is 0 Å². The molecule has 1 aliphatic heterocycles. The molecule has 28 heavy (non-hydrogen) atoms. The standard InChI is InChI=1S/C18H19FN4O2S3/c19-14-5-3-13(4-6-14)12-16-20-21-18(27-16)23-9-7-15(8-10-23)22-28(24,25)17-2-1-11-26-17/h1-6,11,15,22H,7-10,12H2. The Bertz CT molecular complexity index is 1010. The Morgan fingerprint density at radius 1 is 1.14 bits per heavy atom. The van der Waals surface area contributed by atoms with Gasteiger partial charge in [-0.15, -0.1) is 21.5 Å². The number of nitrogens with one attached hydrogen (secondary N) is 1. The van der Waals surface area contributed by atoms with Crippen molar-refractivity contribution in [2.45, 2.75) is 29.5 Å². The van der Waals surface area contributed by atoms with Gasteiger partial charge in [-0.05, 0) is 42.0 Å². The number of sulfonamides is 1. The van der Waals surface area contributed by atoms with Crippen LogP contribution < -0.4 is 9.62 Å². The molecule has 0 unspecified atom stereocenters. The van der Waals surface area contributed by atoms with Gasteiger partial charge in [-0.2, -0.15) is 0 Å². The zero-order chi connectivity index (χ0) is 19.6. The van der Waals surface area contributed by atoms with E-state index in [9.17, 15) is 12.8 Å². The lowest BCUT2D eigenvalue weighted by molar-refractivity contribution is 0.460. The largest absolute Gasteiger partial charge is 0.347 e. The van der Waals surface area contributed by atoms with Crippen LogP contribution in [-0.4, -0.2) is 37.7 Å². The highest BCUT2D eigenvalue weighted by molar-refractivity contribution is 7.91. The van der Waals surface area contributed by atoms with Gasteiger partial charge < -0.3 is 4.90 Å². The second kappa shape index (κ2) is 8.24. The van der Waals surface area contributed by atoms with E-state index in [1.807, 2.05) is 0 Å². The Morgan fingerprint density at radius 2 is 1.89 bits per heavy atom. The molecule has 0 radical (unpaired) electrons. The van der Waals surface area contributed by atoms with E-state index in [0.29, 0.717) is 10.6 Å². The van der Waals surface area contributed by atoms with Crippen molar-refractivity contribution < 1.29 is 12.8 Å². The summed E-state index contributed by atoms with van der Waals surface area (Å²) in [7, 11) is -3.43. The van der Waals surface area contributed by atoms with Crippen LogP contribution in [0.1, 0.15) is 23.4 Å². The minimum atomic E-state index is -3.43. The predicted molar refractivity (Wildman–Crippen MR) is 109 cm³/mol. The van der Waals surface area contributed by atoms with Gasteiger partial charge in [0.05, 0.1) is 0 Å². The van der Waals surface area contributed by atoms with E-state index in [0.717, 1.165) is 41.6 Å². The summed E-state index contributed by atoms with van der Waals surface area (Å²) < 4.78 is 40.9. The van der Waals surface area contributed by atoms with Gasteiger partial charge in [0.25, 0.3) is 0 Å². The number of thiophene rings is 1. The summed E-state index contributed by atoms with van der Waals surface area (Å²) in [4.78, 5) is 2.14. The van der Waals surface area contributed by atoms with Crippen LogP contribution in [0, 0.1) is 5.82 Å². The first kappa shape index (κ1) is 19.4. The van der Waals surface area contributed by atoms with E-state index in [4.69, 9.17) is 0 Å². The van der Waals surface area contributed by atoms with E-state index in [1.165, 1.54) is 34.8 Å². The summed E-state index contributed by atoms with van der Waals surface area (Å²) >= 11 is 2.75. The molecule has 148 valence electrons. The van der Waals surface area contributed by atoms with Crippen LogP contribution >= 0.6 is 22.7 Å². The minimum absolute atomic E-state index is 0.0741. The molecular weight excluding hydrogens is 419 g/mol. The molecular formula is C18H19FN4O2S3. The number of anilines is 1. The molecule has 1 aliphatic rings. The molecule has 4 rings (SSSR count). The van der Waals surface area contributed by atoms with Crippen LogP contribution in [0.5, 0.6) is 0 Å². The molecule has 0 spiro atoms. The van der Waals surface area contributed by atoms with Crippen LogP contribution in [0.2, 0.25) is 0 Å². The first-order valence-corrected chi connectivity index (χ1v) is 12.1. The smallest absolute Gasteiger partial charge is 0.250 e.